The minimum atomic E-state index is -2.89. The number of hydrogen-bond donors (Lipinski definition) is 1. The Labute approximate surface area is 226 Å². The lowest BCUT2D eigenvalue weighted by Gasteiger charge is -2.37. The summed E-state index contributed by atoms with van der Waals surface area (Å²) in [6.45, 7) is 0. The van der Waals surface area contributed by atoms with Gasteiger partial charge in [-0.25, -0.2) is 23.1 Å². The van der Waals surface area contributed by atoms with Crippen molar-refractivity contribution in [1.82, 2.24) is 10.3 Å². The zero-order valence-electron chi connectivity index (χ0n) is 20.5. The minimum absolute atomic E-state index is 0.00401. The second-order valence-corrected chi connectivity index (χ2v) is 9.90. The van der Waals surface area contributed by atoms with Crippen LogP contribution in [0.25, 0.3) is 0 Å². The number of hydrogen-bond acceptors (Lipinski definition) is 4. The molecule has 5 rings (SSSR count). The number of nitrogens with one attached hydrogen (secondary N) is 1. The molecular formula is C27H24ClF3N5O3+. The molecule has 1 aliphatic heterocycles. The monoisotopic (exact) mass is 558 g/mol. The van der Waals surface area contributed by atoms with E-state index >= 15 is 0 Å². The van der Waals surface area contributed by atoms with Gasteiger partial charge in [0.05, 0.1) is 4.91 Å². The molecular weight excluding hydrogens is 535 g/mol. The number of hydrazine groups is 1. The van der Waals surface area contributed by atoms with Crippen molar-refractivity contribution in [3.63, 3.8) is 0 Å². The number of nitrogens with zero attached hydrogens (tertiary/aromatic N) is 4. The lowest BCUT2D eigenvalue weighted by atomic mass is 9.88. The largest absolute Gasteiger partial charge is 0.351 e. The fourth-order valence-electron chi connectivity index (χ4n) is 4.92. The summed E-state index contributed by atoms with van der Waals surface area (Å²) < 4.78 is 41.5. The first kappa shape index (κ1) is 26.6. The van der Waals surface area contributed by atoms with Crippen LogP contribution in [0.15, 0.2) is 72.9 Å². The van der Waals surface area contributed by atoms with Gasteiger partial charge in [0.1, 0.15) is 22.2 Å². The number of rotatable bonds is 8. The van der Waals surface area contributed by atoms with E-state index in [1.165, 1.54) is 41.4 Å². The van der Waals surface area contributed by atoms with Gasteiger partial charge in [0.2, 0.25) is 5.91 Å². The third kappa shape index (κ3) is 5.44. The number of amides is 2. The zero-order valence-corrected chi connectivity index (χ0v) is 21.3. The number of halogens is 4. The van der Waals surface area contributed by atoms with Gasteiger partial charge in [0, 0.05) is 54.6 Å². The number of aromatic nitrogens is 1. The van der Waals surface area contributed by atoms with Crippen LogP contribution in [-0.2, 0) is 9.59 Å². The number of carbonyl (C=O) groups is 2. The molecule has 3 aromatic rings. The molecule has 202 valence electrons. The van der Waals surface area contributed by atoms with E-state index in [0.717, 1.165) is 11.1 Å². The average molecular weight is 559 g/mol. The van der Waals surface area contributed by atoms with Crippen LogP contribution in [0, 0.1) is 10.7 Å². The molecule has 2 aromatic carbocycles. The van der Waals surface area contributed by atoms with Crippen LogP contribution in [0.4, 0.5) is 24.7 Å². The summed E-state index contributed by atoms with van der Waals surface area (Å²) in [6, 6.07) is 14.0. The summed E-state index contributed by atoms with van der Waals surface area (Å²) in [7, 11) is 0. The van der Waals surface area contributed by atoms with E-state index in [9.17, 15) is 27.7 Å². The molecule has 2 fully saturated rings. The number of carbonyl (C=O) groups excluding carboxylic acids is 2. The molecule has 2 aliphatic rings. The number of benzene rings is 2. The summed E-state index contributed by atoms with van der Waals surface area (Å²) >= 11 is 6.47. The van der Waals surface area contributed by atoms with Crippen LogP contribution in [0.3, 0.4) is 0 Å². The Morgan fingerprint density at radius 2 is 1.87 bits per heavy atom. The third-order valence-electron chi connectivity index (χ3n) is 6.75. The minimum Gasteiger partial charge on any atom is -0.351 e. The van der Waals surface area contributed by atoms with Crippen molar-refractivity contribution in [2.75, 3.05) is 9.91 Å². The molecule has 2 unspecified atom stereocenters. The predicted molar refractivity (Wildman–Crippen MR) is 138 cm³/mol. The Hall–Kier alpha value is -3.99. The third-order valence-corrected chi connectivity index (χ3v) is 7.09. The Bertz CT molecular complexity index is 1400. The molecule has 0 bridgehead atoms. The SMILES string of the molecule is O=C(NC1CC(F)(F)C1)C(c1ccccc1Cl)N(c1cccc(F)c1)[N+](=O)C1CCC(=O)N1c1ccccn1. The Balaban J connectivity index is 1.60. The van der Waals surface area contributed by atoms with Gasteiger partial charge >= 0.3 is 6.17 Å². The van der Waals surface area contributed by atoms with Gasteiger partial charge in [-0.3, -0.25) is 9.59 Å². The first-order chi connectivity index (χ1) is 18.6. The van der Waals surface area contributed by atoms with Crippen molar-refractivity contribution in [1.29, 1.82) is 0 Å². The van der Waals surface area contributed by atoms with Gasteiger partial charge in [0.15, 0.2) is 6.04 Å². The number of pyridine rings is 1. The van der Waals surface area contributed by atoms with E-state index in [4.69, 9.17) is 11.6 Å². The summed E-state index contributed by atoms with van der Waals surface area (Å²) in [6.07, 6.45) is -0.611. The summed E-state index contributed by atoms with van der Waals surface area (Å²) in [5.74, 6) is -4.46. The van der Waals surface area contributed by atoms with Crippen LogP contribution in [-0.4, -0.2) is 39.8 Å². The van der Waals surface area contributed by atoms with E-state index in [-0.39, 0.29) is 40.8 Å². The first-order valence-electron chi connectivity index (χ1n) is 12.3. The van der Waals surface area contributed by atoms with Crippen LogP contribution < -0.4 is 15.2 Å². The topological polar surface area (TPSA) is 85.6 Å². The van der Waals surface area contributed by atoms with E-state index < -0.39 is 48.7 Å². The summed E-state index contributed by atoms with van der Waals surface area (Å²) in [4.78, 5) is 46.7. The molecule has 0 spiro atoms. The average Bonchev–Trinajstić information content (AvgIpc) is 3.28. The van der Waals surface area contributed by atoms with Crippen molar-refractivity contribution >= 4 is 34.9 Å². The Morgan fingerprint density at radius 1 is 1.13 bits per heavy atom. The highest BCUT2D eigenvalue weighted by Gasteiger charge is 2.52. The summed E-state index contributed by atoms with van der Waals surface area (Å²) in [5.41, 5.74) is 0.200. The number of anilines is 2. The molecule has 1 saturated carbocycles. The summed E-state index contributed by atoms with van der Waals surface area (Å²) in [5, 5.41) is 3.73. The smallest absolute Gasteiger partial charge is 0.317 e. The maximum Gasteiger partial charge on any atom is 0.317 e. The second kappa shape index (κ2) is 10.6. The number of nitroso groups, excluding NO2 is 1. The fourth-order valence-corrected chi connectivity index (χ4v) is 5.16. The zero-order chi connectivity index (χ0) is 27.7. The fraction of sp³-hybridized carbons (Fsp3) is 0.296. The van der Waals surface area contributed by atoms with Gasteiger partial charge < -0.3 is 5.32 Å². The normalized spacial score (nSPS) is 19.3. The van der Waals surface area contributed by atoms with Crippen molar-refractivity contribution < 1.29 is 27.6 Å². The Morgan fingerprint density at radius 3 is 2.54 bits per heavy atom. The molecule has 39 heavy (non-hydrogen) atoms. The Kier molecular flexibility index (Phi) is 7.26. The lowest BCUT2D eigenvalue weighted by molar-refractivity contribution is -0.598. The maximum absolute atomic E-state index is 14.4. The van der Waals surface area contributed by atoms with Crippen molar-refractivity contribution in [3.05, 3.63) is 94.2 Å². The number of alkyl halides is 2. The highest BCUT2D eigenvalue weighted by Crippen LogP contribution is 2.39. The van der Waals surface area contributed by atoms with E-state index in [2.05, 4.69) is 10.3 Å². The van der Waals surface area contributed by atoms with Crippen LogP contribution in [0.5, 0.6) is 0 Å². The molecule has 1 aliphatic carbocycles. The van der Waals surface area contributed by atoms with Gasteiger partial charge in [-0.1, -0.05) is 46.9 Å². The van der Waals surface area contributed by atoms with Crippen LogP contribution in [0.1, 0.15) is 37.3 Å². The van der Waals surface area contributed by atoms with Crippen LogP contribution >= 0.6 is 11.6 Å². The molecule has 0 radical (unpaired) electrons. The first-order valence-corrected chi connectivity index (χ1v) is 12.7. The van der Waals surface area contributed by atoms with E-state index in [0.29, 0.717) is 4.87 Å². The van der Waals surface area contributed by atoms with Gasteiger partial charge in [0.25, 0.3) is 11.8 Å². The maximum atomic E-state index is 14.4. The molecule has 2 atom stereocenters. The van der Waals surface area contributed by atoms with E-state index in [1.807, 2.05) is 0 Å². The van der Waals surface area contributed by atoms with E-state index in [1.54, 1.807) is 30.3 Å². The molecule has 1 aromatic heterocycles. The van der Waals surface area contributed by atoms with Crippen molar-refractivity contribution in [2.24, 2.45) is 0 Å². The standard InChI is InChI=1S/C27H23ClF3N5O3/c28-21-9-2-1-8-20(21)25(26(38)33-18-15-27(30,31)16-18)35(19-7-5-6-17(29)14-19)36(39)23-11-12-24(37)34(23)22-10-3-4-13-32-22/h1-10,13-14,18,23,25H,11-12,15-16H2/p+1. The van der Waals surface area contributed by atoms with Crippen molar-refractivity contribution in [3.8, 4) is 0 Å². The molecule has 12 heteroatoms. The molecule has 2 heterocycles. The van der Waals surface area contributed by atoms with Crippen molar-refractivity contribution in [2.45, 2.75) is 49.9 Å². The van der Waals surface area contributed by atoms with Gasteiger partial charge in [-0.15, -0.1) is 0 Å². The quantitative estimate of drug-likeness (QED) is 0.304. The van der Waals surface area contributed by atoms with Gasteiger partial charge in [-0.2, -0.15) is 0 Å². The molecule has 8 nitrogen and oxygen atoms in total. The lowest BCUT2D eigenvalue weighted by Crippen LogP contribution is -2.56. The molecule has 1 N–H and O–H groups in total. The molecule has 2 amide bonds. The molecule has 1 saturated heterocycles. The van der Waals surface area contributed by atoms with Gasteiger partial charge in [-0.05, 0) is 30.3 Å². The highest BCUT2D eigenvalue weighted by atomic mass is 35.5. The highest BCUT2D eigenvalue weighted by molar-refractivity contribution is 6.31. The van der Waals surface area contributed by atoms with Crippen LogP contribution in [0.2, 0.25) is 5.02 Å². The predicted octanol–water partition coefficient (Wildman–Crippen LogP) is 5.18. The second-order valence-electron chi connectivity index (χ2n) is 9.49.